The van der Waals surface area contributed by atoms with Crippen LogP contribution in [0.25, 0.3) is 0 Å². The molecule has 0 bridgehead atoms. The fourth-order valence-corrected chi connectivity index (χ4v) is 5.01. The Bertz CT molecular complexity index is 915. The number of sulfone groups is 1. The van der Waals surface area contributed by atoms with Crippen LogP contribution in [0.2, 0.25) is 0 Å². The number of hydrogen-bond donors (Lipinski definition) is 0. The quantitative estimate of drug-likeness (QED) is 0.347. The lowest BCUT2D eigenvalue weighted by Gasteiger charge is -2.26. The van der Waals surface area contributed by atoms with Crippen molar-refractivity contribution in [1.29, 1.82) is 0 Å². The Balaban J connectivity index is 2.30. The zero-order valence-electron chi connectivity index (χ0n) is 17.8. The van der Waals surface area contributed by atoms with E-state index < -0.39 is 9.84 Å². The maximum absolute atomic E-state index is 12.8. The molecule has 0 aliphatic heterocycles. The van der Waals surface area contributed by atoms with E-state index in [0.717, 1.165) is 11.3 Å². The highest BCUT2D eigenvalue weighted by atomic mass is 32.2. The monoisotopic (exact) mass is 429 g/mol. The van der Waals surface area contributed by atoms with Gasteiger partial charge < -0.3 is 14.4 Å². The molecule has 0 aliphatic rings. The summed E-state index contributed by atoms with van der Waals surface area (Å²) in [7, 11) is -1.78. The van der Waals surface area contributed by atoms with E-state index in [4.69, 9.17) is 9.47 Å². The van der Waals surface area contributed by atoms with Gasteiger partial charge in [-0.1, -0.05) is 49.4 Å². The maximum Gasteiger partial charge on any atom is 0.188 e. The van der Waals surface area contributed by atoms with Crippen molar-refractivity contribution in [2.45, 2.75) is 18.2 Å². The molecule has 0 unspecified atom stereocenters. The van der Waals surface area contributed by atoms with Gasteiger partial charge in [0.15, 0.2) is 16.6 Å². The van der Waals surface area contributed by atoms with E-state index in [2.05, 4.69) is 18.1 Å². The number of hydrogen-bond acceptors (Lipinski definition) is 5. The molecule has 0 radical (unpaired) electrons. The summed E-state index contributed by atoms with van der Waals surface area (Å²) in [4.78, 5) is 2.45. The second-order valence-corrected chi connectivity index (χ2v) is 9.24. The molecule has 0 saturated carbocycles. The summed E-state index contributed by atoms with van der Waals surface area (Å²) in [6.07, 6.45) is 4.21. The summed E-state index contributed by atoms with van der Waals surface area (Å²) < 4.78 is 36.6. The van der Waals surface area contributed by atoms with Crippen LogP contribution in [0, 0.1) is 5.92 Å². The molecule has 30 heavy (non-hydrogen) atoms. The SMILES string of the molecule is C=CCN(CC=C)c1cccc(C[C@@H](C)CS(=O)(=O)c2ccccc2)c1OCOC. The van der Waals surface area contributed by atoms with Crippen molar-refractivity contribution < 1.29 is 17.9 Å². The molecule has 0 aliphatic carbocycles. The summed E-state index contributed by atoms with van der Waals surface area (Å²) in [6.45, 7) is 11.0. The Kier molecular flexibility index (Phi) is 9.15. The zero-order valence-corrected chi connectivity index (χ0v) is 18.6. The Morgan fingerprint density at radius 2 is 1.70 bits per heavy atom. The summed E-state index contributed by atoms with van der Waals surface area (Å²) >= 11 is 0. The summed E-state index contributed by atoms with van der Waals surface area (Å²) in [6, 6.07) is 14.5. The number of para-hydroxylation sites is 1. The smallest absolute Gasteiger partial charge is 0.188 e. The minimum Gasteiger partial charge on any atom is -0.465 e. The molecule has 0 fully saturated rings. The van der Waals surface area contributed by atoms with Crippen molar-refractivity contribution in [2.75, 3.05) is 37.6 Å². The average Bonchev–Trinajstić information content (AvgIpc) is 2.73. The normalized spacial score (nSPS) is 12.2. The standard InChI is InChI=1S/C24H31NO4S/c1-5-15-25(16-6-2)23-14-10-11-21(24(23)29-19-28-4)17-20(3)18-30(26,27)22-12-8-7-9-13-22/h5-14,20H,1-2,15-19H2,3-4H3/t20-/m1/s1. The largest absolute Gasteiger partial charge is 0.465 e. The predicted molar refractivity (Wildman–Crippen MR) is 123 cm³/mol. The van der Waals surface area contributed by atoms with Crippen molar-refractivity contribution in [3.63, 3.8) is 0 Å². The van der Waals surface area contributed by atoms with Crippen molar-refractivity contribution in [3.8, 4) is 5.75 Å². The highest BCUT2D eigenvalue weighted by molar-refractivity contribution is 7.91. The first kappa shape index (κ1) is 23.7. The third-order valence-electron chi connectivity index (χ3n) is 4.61. The third-order valence-corrected chi connectivity index (χ3v) is 6.61. The number of anilines is 1. The Morgan fingerprint density at radius 1 is 1.03 bits per heavy atom. The second-order valence-electron chi connectivity index (χ2n) is 7.20. The lowest BCUT2D eigenvalue weighted by Crippen LogP contribution is -2.24. The van der Waals surface area contributed by atoms with Crippen LogP contribution in [0.3, 0.4) is 0 Å². The minimum absolute atomic E-state index is 0.0635. The lowest BCUT2D eigenvalue weighted by molar-refractivity contribution is 0.0506. The van der Waals surface area contributed by atoms with Crippen molar-refractivity contribution >= 4 is 15.5 Å². The summed E-state index contributed by atoms with van der Waals surface area (Å²) in [5, 5.41) is 0. The van der Waals surface area contributed by atoms with Gasteiger partial charge in [0, 0.05) is 20.2 Å². The molecule has 0 spiro atoms. The minimum atomic E-state index is -3.36. The zero-order chi connectivity index (χ0) is 22.0. The molecule has 162 valence electrons. The number of nitrogens with zero attached hydrogens (tertiary/aromatic N) is 1. The lowest BCUT2D eigenvalue weighted by atomic mass is 10.0. The van der Waals surface area contributed by atoms with E-state index in [9.17, 15) is 8.42 Å². The third kappa shape index (κ3) is 6.47. The van der Waals surface area contributed by atoms with Gasteiger partial charge >= 0.3 is 0 Å². The molecule has 0 saturated heterocycles. The van der Waals surface area contributed by atoms with Crippen LogP contribution in [0.1, 0.15) is 12.5 Å². The van der Waals surface area contributed by atoms with E-state index in [1.54, 1.807) is 31.4 Å². The van der Waals surface area contributed by atoms with Gasteiger partial charge in [0.1, 0.15) is 5.75 Å². The van der Waals surface area contributed by atoms with E-state index in [0.29, 0.717) is 30.2 Å². The van der Waals surface area contributed by atoms with Gasteiger partial charge in [-0.2, -0.15) is 0 Å². The van der Waals surface area contributed by atoms with E-state index >= 15 is 0 Å². The molecule has 0 heterocycles. The van der Waals surface area contributed by atoms with Gasteiger partial charge in [0.05, 0.1) is 16.3 Å². The number of ether oxygens (including phenoxy) is 2. The molecular formula is C24H31NO4S. The number of rotatable bonds is 13. The van der Waals surface area contributed by atoms with Crippen LogP contribution < -0.4 is 9.64 Å². The highest BCUT2D eigenvalue weighted by Crippen LogP contribution is 2.34. The van der Waals surface area contributed by atoms with Crippen LogP contribution in [-0.2, 0) is 21.0 Å². The second kappa shape index (κ2) is 11.6. The van der Waals surface area contributed by atoms with Gasteiger partial charge in [-0.25, -0.2) is 8.42 Å². The summed E-state index contributed by atoms with van der Waals surface area (Å²) in [5.74, 6) is 0.670. The predicted octanol–water partition coefficient (Wildman–Crippen LogP) is 4.50. The van der Waals surface area contributed by atoms with Gasteiger partial charge in [-0.05, 0) is 36.1 Å². The van der Waals surface area contributed by atoms with Gasteiger partial charge in [-0.3, -0.25) is 0 Å². The molecule has 2 rings (SSSR count). The molecule has 6 heteroatoms. The average molecular weight is 430 g/mol. The number of benzene rings is 2. The van der Waals surface area contributed by atoms with E-state index in [1.165, 1.54) is 0 Å². The van der Waals surface area contributed by atoms with Crippen LogP contribution in [0.5, 0.6) is 5.75 Å². The van der Waals surface area contributed by atoms with Gasteiger partial charge in [0.2, 0.25) is 0 Å². The van der Waals surface area contributed by atoms with E-state index in [1.807, 2.05) is 43.3 Å². The maximum atomic E-state index is 12.8. The van der Waals surface area contributed by atoms with Crippen molar-refractivity contribution in [2.24, 2.45) is 5.92 Å². The molecule has 1 atom stereocenters. The molecule has 5 nitrogen and oxygen atoms in total. The summed E-state index contributed by atoms with van der Waals surface area (Å²) in [5.41, 5.74) is 1.85. The molecule has 0 N–H and O–H groups in total. The van der Waals surface area contributed by atoms with Crippen molar-refractivity contribution in [3.05, 3.63) is 79.4 Å². The Hall–Kier alpha value is -2.57. The first-order chi connectivity index (χ1) is 14.4. The molecular weight excluding hydrogens is 398 g/mol. The Morgan fingerprint density at radius 3 is 2.30 bits per heavy atom. The topological polar surface area (TPSA) is 55.8 Å². The highest BCUT2D eigenvalue weighted by Gasteiger charge is 2.21. The molecule has 2 aromatic carbocycles. The van der Waals surface area contributed by atoms with Gasteiger partial charge in [-0.15, -0.1) is 13.2 Å². The number of methoxy groups -OCH3 is 1. The van der Waals surface area contributed by atoms with E-state index in [-0.39, 0.29) is 18.5 Å². The van der Waals surface area contributed by atoms with Crippen LogP contribution in [0.4, 0.5) is 5.69 Å². The van der Waals surface area contributed by atoms with Crippen LogP contribution in [-0.4, -0.2) is 41.2 Å². The van der Waals surface area contributed by atoms with Crippen LogP contribution in [0.15, 0.2) is 78.7 Å². The molecule has 2 aromatic rings. The Labute approximate surface area is 180 Å². The molecule has 0 amide bonds. The first-order valence-electron chi connectivity index (χ1n) is 9.91. The fourth-order valence-electron chi connectivity index (χ4n) is 3.38. The van der Waals surface area contributed by atoms with Crippen molar-refractivity contribution in [1.82, 2.24) is 0 Å². The molecule has 0 aromatic heterocycles. The van der Waals surface area contributed by atoms with Gasteiger partial charge in [0.25, 0.3) is 0 Å². The fraction of sp³-hybridized carbons (Fsp3) is 0.333. The van der Waals surface area contributed by atoms with Crippen LogP contribution >= 0.6 is 0 Å². The first-order valence-corrected chi connectivity index (χ1v) is 11.6.